The maximum Gasteiger partial charge on any atom is 0.146 e. The lowest BCUT2D eigenvalue weighted by atomic mass is 9.79. The van der Waals surface area contributed by atoms with Crippen molar-refractivity contribution in [1.82, 2.24) is 14.5 Å². The molecule has 6 heteroatoms. The Labute approximate surface area is 151 Å². The smallest absolute Gasteiger partial charge is 0.146 e. The average Bonchev–Trinajstić information content (AvgIpc) is 2.74. The van der Waals surface area contributed by atoms with E-state index in [1.165, 1.54) is 6.33 Å². The summed E-state index contributed by atoms with van der Waals surface area (Å²) in [5.41, 5.74) is 6.54. The summed E-state index contributed by atoms with van der Waals surface area (Å²) in [6.07, 6.45) is 5.25. The number of nitrogens with two attached hydrogens (primary N) is 1. The van der Waals surface area contributed by atoms with E-state index in [4.69, 9.17) is 10.5 Å². The molecule has 2 rings (SSSR count). The number of anilines is 1. The van der Waals surface area contributed by atoms with Crippen molar-refractivity contribution in [3.8, 4) is 0 Å². The second kappa shape index (κ2) is 6.39. The van der Waals surface area contributed by atoms with E-state index in [9.17, 15) is 0 Å². The van der Waals surface area contributed by atoms with Crippen molar-refractivity contribution in [2.45, 2.75) is 52.9 Å². The van der Waals surface area contributed by atoms with Crippen molar-refractivity contribution in [2.75, 3.05) is 5.73 Å². The standard InChI is InChI=1S/C17H25IN4O/c1-7-11(23-17(5,6)16(2,3)4)8-22-9-12(18)13-14(19)20-10-21-15(13)22/h7,9-11H,1,8H2,2-6H3,(H2,19,20,21). The Kier molecular flexibility index (Phi) is 5.06. The number of hydrogen-bond donors (Lipinski definition) is 1. The van der Waals surface area contributed by atoms with E-state index >= 15 is 0 Å². The fourth-order valence-electron chi connectivity index (χ4n) is 2.15. The van der Waals surface area contributed by atoms with Gasteiger partial charge in [0.2, 0.25) is 0 Å². The highest BCUT2D eigenvalue weighted by atomic mass is 127. The van der Waals surface area contributed by atoms with Crippen molar-refractivity contribution >= 4 is 39.4 Å². The van der Waals surface area contributed by atoms with Crippen LogP contribution in [0.2, 0.25) is 0 Å². The summed E-state index contributed by atoms with van der Waals surface area (Å²) in [5.74, 6) is 0.504. The number of aromatic nitrogens is 3. The predicted octanol–water partition coefficient (Wildman–Crippen LogP) is 4.01. The third-order valence-corrected chi connectivity index (χ3v) is 5.35. The van der Waals surface area contributed by atoms with E-state index < -0.39 is 0 Å². The predicted molar refractivity (Wildman–Crippen MR) is 103 cm³/mol. The molecule has 0 saturated heterocycles. The Morgan fingerprint density at radius 2 is 2.00 bits per heavy atom. The Hall–Kier alpha value is -1.15. The number of ether oxygens (including phenoxy) is 1. The van der Waals surface area contributed by atoms with Crippen molar-refractivity contribution in [3.63, 3.8) is 0 Å². The van der Waals surface area contributed by atoms with Crippen LogP contribution in [0.1, 0.15) is 34.6 Å². The van der Waals surface area contributed by atoms with Crippen molar-refractivity contribution in [1.29, 1.82) is 0 Å². The summed E-state index contributed by atoms with van der Waals surface area (Å²) < 4.78 is 9.42. The molecular weight excluding hydrogens is 403 g/mol. The zero-order chi connectivity index (χ0) is 17.4. The number of nitrogen functional groups attached to an aromatic ring is 1. The lowest BCUT2D eigenvalue weighted by molar-refractivity contribution is -0.118. The van der Waals surface area contributed by atoms with Gasteiger partial charge in [-0.15, -0.1) is 6.58 Å². The Balaban J connectivity index is 2.30. The first-order valence-electron chi connectivity index (χ1n) is 7.62. The van der Waals surface area contributed by atoms with E-state index in [0.29, 0.717) is 12.4 Å². The molecule has 2 N–H and O–H groups in total. The first-order chi connectivity index (χ1) is 10.6. The molecule has 1 atom stereocenters. The summed E-state index contributed by atoms with van der Waals surface area (Å²) in [7, 11) is 0. The molecule has 0 aliphatic heterocycles. The van der Waals surface area contributed by atoms with Gasteiger partial charge >= 0.3 is 0 Å². The molecule has 0 aliphatic carbocycles. The molecule has 0 spiro atoms. The van der Waals surface area contributed by atoms with Crippen molar-refractivity contribution in [2.24, 2.45) is 5.41 Å². The number of fused-ring (bicyclic) bond motifs is 1. The van der Waals surface area contributed by atoms with Gasteiger partial charge in [0.15, 0.2) is 0 Å². The van der Waals surface area contributed by atoms with E-state index in [1.807, 2.05) is 12.3 Å². The second-order valence-electron chi connectivity index (χ2n) is 7.24. The van der Waals surface area contributed by atoms with Gasteiger partial charge in [-0.1, -0.05) is 26.8 Å². The largest absolute Gasteiger partial charge is 0.383 e. The van der Waals surface area contributed by atoms with Gasteiger partial charge in [-0.25, -0.2) is 9.97 Å². The van der Waals surface area contributed by atoms with Gasteiger partial charge in [-0.3, -0.25) is 0 Å². The molecule has 2 heterocycles. The molecule has 126 valence electrons. The Morgan fingerprint density at radius 3 is 2.57 bits per heavy atom. The highest BCUT2D eigenvalue weighted by Crippen LogP contribution is 2.34. The minimum absolute atomic E-state index is 0.0219. The van der Waals surface area contributed by atoms with Crippen LogP contribution in [0.5, 0.6) is 0 Å². The van der Waals surface area contributed by atoms with E-state index in [-0.39, 0.29) is 17.1 Å². The molecule has 0 aromatic carbocycles. The van der Waals surface area contributed by atoms with Gasteiger partial charge in [0.05, 0.1) is 23.6 Å². The quantitative estimate of drug-likeness (QED) is 0.577. The van der Waals surface area contributed by atoms with Gasteiger partial charge in [-0.05, 0) is 41.9 Å². The maximum absolute atomic E-state index is 6.33. The summed E-state index contributed by atoms with van der Waals surface area (Å²) in [4.78, 5) is 8.44. The molecule has 0 fully saturated rings. The summed E-state index contributed by atoms with van der Waals surface area (Å²) in [5, 5.41) is 0.894. The van der Waals surface area contributed by atoms with Crippen LogP contribution >= 0.6 is 22.6 Å². The third-order valence-electron chi connectivity index (χ3n) is 4.53. The molecule has 0 aliphatic rings. The minimum Gasteiger partial charge on any atom is -0.383 e. The van der Waals surface area contributed by atoms with Gasteiger partial charge in [0.1, 0.15) is 17.8 Å². The van der Waals surface area contributed by atoms with E-state index in [1.54, 1.807) is 0 Å². The molecule has 1 unspecified atom stereocenters. The Morgan fingerprint density at radius 1 is 1.35 bits per heavy atom. The maximum atomic E-state index is 6.33. The van der Waals surface area contributed by atoms with Crippen LogP contribution in [0.4, 0.5) is 5.82 Å². The molecule has 5 nitrogen and oxygen atoms in total. The average molecular weight is 428 g/mol. The zero-order valence-electron chi connectivity index (χ0n) is 14.4. The minimum atomic E-state index is -0.282. The SMILES string of the molecule is C=CC(Cn1cc(I)c2c(N)ncnc21)OC(C)(C)C(C)(C)C. The van der Waals surface area contributed by atoms with Gasteiger partial charge in [0, 0.05) is 9.77 Å². The topological polar surface area (TPSA) is 66.0 Å². The van der Waals surface area contributed by atoms with Crippen molar-refractivity contribution in [3.05, 3.63) is 28.7 Å². The number of halogens is 1. The van der Waals surface area contributed by atoms with Crippen LogP contribution in [0.25, 0.3) is 11.0 Å². The van der Waals surface area contributed by atoms with Crippen LogP contribution in [0.15, 0.2) is 25.2 Å². The first-order valence-corrected chi connectivity index (χ1v) is 8.70. The fraction of sp³-hybridized carbons (Fsp3) is 0.529. The van der Waals surface area contributed by atoms with E-state index in [2.05, 4.69) is 78.3 Å². The van der Waals surface area contributed by atoms with Crippen LogP contribution in [0, 0.1) is 8.99 Å². The first kappa shape index (κ1) is 18.2. The number of nitrogens with zero attached hydrogens (tertiary/aromatic N) is 3. The molecule has 2 aromatic rings. The number of hydrogen-bond acceptors (Lipinski definition) is 4. The molecule has 0 bridgehead atoms. The molecule has 0 saturated carbocycles. The summed E-state index contributed by atoms with van der Waals surface area (Å²) in [6.45, 7) is 15.3. The number of rotatable bonds is 5. The van der Waals surface area contributed by atoms with Crippen LogP contribution in [-0.2, 0) is 11.3 Å². The highest BCUT2D eigenvalue weighted by molar-refractivity contribution is 14.1. The zero-order valence-corrected chi connectivity index (χ0v) is 16.6. The highest BCUT2D eigenvalue weighted by Gasteiger charge is 2.35. The summed E-state index contributed by atoms with van der Waals surface area (Å²) >= 11 is 2.26. The normalized spacial score (nSPS) is 14.2. The second-order valence-corrected chi connectivity index (χ2v) is 8.40. The Bertz CT molecular complexity index is 715. The lowest BCUT2D eigenvalue weighted by Gasteiger charge is -2.40. The lowest BCUT2D eigenvalue weighted by Crippen LogP contribution is -2.43. The van der Waals surface area contributed by atoms with Crippen molar-refractivity contribution < 1.29 is 4.74 Å². The van der Waals surface area contributed by atoms with Gasteiger partial charge in [-0.2, -0.15) is 0 Å². The molecule has 0 radical (unpaired) electrons. The fourth-order valence-corrected chi connectivity index (χ4v) is 3.00. The monoisotopic (exact) mass is 428 g/mol. The molecule has 0 amide bonds. The van der Waals surface area contributed by atoms with Crippen LogP contribution in [-0.4, -0.2) is 26.2 Å². The van der Waals surface area contributed by atoms with Gasteiger partial charge in [0.25, 0.3) is 0 Å². The van der Waals surface area contributed by atoms with E-state index in [0.717, 1.165) is 14.6 Å². The summed E-state index contributed by atoms with van der Waals surface area (Å²) in [6, 6.07) is 0. The van der Waals surface area contributed by atoms with Crippen LogP contribution < -0.4 is 5.73 Å². The van der Waals surface area contributed by atoms with Crippen LogP contribution in [0.3, 0.4) is 0 Å². The molecular formula is C17H25IN4O. The molecule has 23 heavy (non-hydrogen) atoms. The molecule has 2 aromatic heterocycles. The van der Waals surface area contributed by atoms with Gasteiger partial charge < -0.3 is 15.0 Å². The third kappa shape index (κ3) is 3.68.